The molecule has 0 saturated carbocycles. The molecule has 1 rings (SSSR count). The van der Waals surface area contributed by atoms with E-state index in [2.05, 4.69) is 61.9 Å². The molecule has 0 aliphatic carbocycles. The molecule has 0 N–H and O–H groups in total. The summed E-state index contributed by atoms with van der Waals surface area (Å²) in [6, 6.07) is 8.53. The van der Waals surface area contributed by atoms with Crippen LogP contribution in [0, 0.1) is 11.5 Å². The molecule has 16 heavy (non-hydrogen) atoms. The average molecular weight is 228 g/mol. The van der Waals surface area contributed by atoms with Gasteiger partial charge in [-0.05, 0) is 17.5 Å². The first-order valence-electron chi connectivity index (χ1n) is 5.73. The summed E-state index contributed by atoms with van der Waals surface area (Å²) in [5, 5.41) is 0. The van der Waals surface area contributed by atoms with Crippen LogP contribution in [0.3, 0.4) is 0 Å². The molecule has 0 saturated heterocycles. The second-order valence-electron chi connectivity index (χ2n) is 5.00. The Labute approximate surface area is 100 Å². The van der Waals surface area contributed by atoms with E-state index in [9.17, 15) is 0 Å². The van der Waals surface area contributed by atoms with E-state index in [4.69, 9.17) is 0 Å². The van der Waals surface area contributed by atoms with Crippen LogP contribution >= 0.6 is 0 Å². The largest absolute Gasteiger partial charge is 0.132 e. The van der Waals surface area contributed by atoms with Gasteiger partial charge in [0.15, 0.2) is 0 Å². The molecule has 0 heterocycles. The van der Waals surface area contributed by atoms with Gasteiger partial charge < -0.3 is 0 Å². The van der Waals surface area contributed by atoms with Crippen LogP contribution in [0.1, 0.15) is 17.5 Å². The summed E-state index contributed by atoms with van der Waals surface area (Å²) in [5.74, 6) is 3.29. The van der Waals surface area contributed by atoms with Gasteiger partial charge in [-0.15, -0.1) is 11.5 Å². The van der Waals surface area contributed by atoms with Crippen LogP contribution in [-0.4, -0.2) is 8.07 Å². The lowest BCUT2D eigenvalue weighted by molar-refractivity contribution is 1.03. The number of hydrogen-bond donors (Lipinski definition) is 0. The highest BCUT2D eigenvalue weighted by Crippen LogP contribution is 2.07. The monoisotopic (exact) mass is 228 g/mol. The Morgan fingerprint density at radius 1 is 1.19 bits per heavy atom. The molecule has 1 aromatic carbocycles. The molecule has 0 radical (unpaired) electrons. The fourth-order valence-electron chi connectivity index (χ4n) is 1.35. The van der Waals surface area contributed by atoms with Gasteiger partial charge in [0, 0.05) is 6.42 Å². The molecule has 1 aromatic rings. The molecule has 0 aliphatic heterocycles. The Kier molecular flexibility index (Phi) is 4.58. The van der Waals surface area contributed by atoms with Crippen molar-refractivity contribution in [2.24, 2.45) is 0 Å². The van der Waals surface area contributed by atoms with Crippen LogP contribution in [0.25, 0.3) is 6.08 Å². The normalized spacial score (nSPS) is 10.4. The third-order valence-corrected chi connectivity index (χ3v) is 3.14. The van der Waals surface area contributed by atoms with Crippen molar-refractivity contribution in [3.05, 3.63) is 42.0 Å². The first-order chi connectivity index (χ1) is 7.51. The van der Waals surface area contributed by atoms with Gasteiger partial charge in [-0.2, -0.15) is 0 Å². The SMILES string of the molecule is C=Cc1ccc(CCC#C[Si](C)(C)C)cc1. The van der Waals surface area contributed by atoms with Gasteiger partial charge >= 0.3 is 0 Å². The van der Waals surface area contributed by atoms with E-state index in [0.717, 1.165) is 12.8 Å². The number of hydrogen-bond acceptors (Lipinski definition) is 0. The Morgan fingerprint density at radius 2 is 1.81 bits per heavy atom. The molecule has 0 amide bonds. The van der Waals surface area contributed by atoms with Crippen LogP contribution in [0.5, 0.6) is 0 Å². The lowest BCUT2D eigenvalue weighted by Gasteiger charge is -2.03. The summed E-state index contributed by atoms with van der Waals surface area (Å²) in [7, 11) is -1.18. The van der Waals surface area contributed by atoms with Crippen LogP contribution in [0.2, 0.25) is 19.6 Å². The van der Waals surface area contributed by atoms with Crippen molar-refractivity contribution >= 4 is 14.1 Å². The van der Waals surface area contributed by atoms with Crippen LogP contribution in [-0.2, 0) is 6.42 Å². The van der Waals surface area contributed by atoms with Crippen molar-refractivity contribution in [3.63, 3.8) is 0 Å². The van der Waals surface area contributed by atoms with Crippen molar-refractivity contribution in [3.8, 4) is 11.5 Å². The van der Waals surface area contributed by atoms with E-state index < -0.39 is 8.07 Å². The summed E-state index contributed by atoms with van der Waals surface area (Å²) in [4.78, 5) is 0. The molecule has 0 aromatic heterocycles. The highest BCUT2D eigenvalue weighted by molar-refractivity contribution is 6.83. The fourth-order valence-corrected chi connectivity index (χ4v) is 2.01. The quantitative estimate of drug-likeness (QED) is 0.539. The molecular formula is C15H20Si. The van der Waals surface area contributed by atoms with Crippen molar-refractivity contribution in [2.45, 2.75) is 32.5 Å². The van der Waals surface area contributed by atoms with Gasteiger partial charge in [-0.1, -0.05) is 56.6 Å². The molecule has 0 bridgehead atoms. The zero-order chi connectivity index (χ0) is 12.0. The Morgan fingerprint density at radius 3 is 2.31 bits per heavy atom. The Balaban J connectivity index is 2.48. The zero-order valence-electron chi connectivity index (χ0n) is 10.5. The van der Waals surface area contributed by atoms with Crippen LogP contribution < -0.4 is 0 Å². The molecule has 0 atom stereocenters. The van der Waals surface area contributed by atoms with Crippen molar-refractivity contribution in [1.82, 2.24) is 0 Å². The maximum absolute atomic E-state index is 3.75. The van der Waals surface area contributed by atoms with E-state index in [1.54, 1.807) is 0 Å². The molecule has 0 aliphatic rings. The molecule has 0 nitrogen and oxygen atoms in total. The molecular weight excluding hydrogens is 208 g/mol. The van der Waals surface area contributed by atoms with E-state index in [0.29, 0.717) is 0 Å². The summed E-state index contributed by atoms with van der Waals surface area (Å²) in [5.41, 5.74) is 5.92. The third kappa shape index (κ3) is 5.00. The molecule has 1 heteroatoms. The minimum absolute atomic E-state index is 0.970. The lowest BCUT2D eigenvalue weighted by Crippen LogP contribution is -2.16. The van der Waals surface area contributed by atoms with Crippen LogP contribution in [0.15, 0.2) is 30.8 Å². The second-order valence-corrected chi connectivity index (χ2v) is 9.75. The predicted molar refractivity (Wildman–Crippen MR) is 76.0 cm³/mol. The number of rotatable bonds is 3. The van der Waals surface area contributed by atoms with E-state index in [1.807, 2.05) is 6.08 Å². The third-order valence-electron chi connectivity index (χ3n) is 2.22. The maximum atomic E-state index is 3.75. The smallest absolute Gasteiger partial charge is 0.129 e. The Hall–Kier alpha value is -1.26. The minimum Gasteiger partial charge on any atom is -0.132 e. The summed E-state index contributed by atoms with van der Waals surface area (Å²) < 4.78 is 0. The number of aryl methyl sites for hydroxylation is 1. The predicted octanol–water partition coefficient (Wildman–Crippen LogP) is 4.14. The van der Waals surface area contributed by atoms with Gasteiger partial charge in [0.05, 0.1) is 0 Å². The van der Waals surface area contributed by atoms with Gasteiger partial charge in [0.25, 0.3) is 0 Å². The molecule has 84 valence electrons. The van der Waals surface area contributed by atoms with Gasteiger partial charge in [-0.25, -0.2) is 0 Å². The standard InChI is InChI=1S/C15H20Si/c1-5-14-9-11-15(12-10-14)8-6-7-13-16(2,3)4/h5,9-12H,1,6,8H2,2-4H3. The van der Waals surface area contributed by atoms with Crippen molar-refractivity contribution < 1.29 is 0 Å². The van der Waals surface area contributed by atoms with Gasteiger partial charge in [0.1, 0.15) is 8.07 Å². The Bertz CT molecular complexity index is 396. The van der Waals surface area contributed by atoms with E-state index >= 15 is 0 Å². The topological polar surface area (TPSA) is 0 Å². The summed E-state index contributed by atoms with van der Waals surface area (Å²) >= 11 is 0. The molecule has 0 spiro atoms. The van der Waals surface area contributed by atoms with Crippen LogP contribution in [0.4, 0.5) is 0 Å². The molecule has 0 fully saturated rings. The summed E-state index contributed by atoms with van der Waals surface area (Å²) in [6.07, 6.45) is 3.89. The van der Waals surface area contributed by atoms with Gasteiger partial charge in [0.2, 0.25) is 0 Å². The van der Waals surface area contributed by atoms with Crippen molar-refractivity contribution in [1.29, 1.82) is 0 Å². The van der Waals surface area contributed by atoms with Crippen molar-refractivity contribution in [2.75, 3.05) is 0 Å². The number of benzene rings is 1. The highest BCUT2D eigenvalue weighted by Gasteiger charge is 2.06. The molecule has 0 unspecified atom stereocenters. The first kappa shape index (κ1) is 12.8. The average Bonchev–Trinajstić information content (AvgIpc) is 2.24. The van der Waals surface area contributed by atoms with E-state index in [-0.39, 0.29) is 0 Å². The maximum Gasteiger partial charge on any atom is 0.129 e. The van der Waals surface area contributed by atoms with Gasteiger partial charge in [-0.3, -0.25) is 0 Å². The lowest BCUT2D eigenvalue weighted by atomic mass is 10.1. The minimum atomic E-state index is -1.18. The van der Waals surface area contributed by atoms with E-state index in [1.165, 1.54) is 11.1 Å². The first-order valence-corrected chi connectivity index (χ1v) is 9.23. The zero-order valence-corrected chi connectivity index (χ0v) is 11.5. The summed E-state index contributed by atoms with van der Waals surface area (Å²) in [6.45, 7) is 10.6. The fraction of sp³-hybridized carbons (Fsp3) is 0.333. The second kappa shape index (κ2) is 5.72. The highest BCUT2D eigenvalue weighted by atomic mass is 28.3.